The standard InChI is InChI=1S/C32H21Br2N3O4S2/c33-21-14-20(30(25(34)16-21)41-17-18-7-10-22(11-8-18)37(39)40)15-27-31(38)36-29(26-6-3-13-42-26)24-12-9-19-4-1-2-5-23(19)28(24)35-32(36)43-27/h1-8,10-11,13-16,29H,9,12,17H2/b27-15+/t29-/m1/s1. The molecule has 0 amide bonds. The molecule has 2 aliphatic rings. The minimum absolute atomic E-state index is 0.0238. The summed E-state index contributed by atoms with van der Waals surface area (Å²) < 4.78 is 10.2. The van der Waals surface area contributed by atoms with Gasteiger partial charge in [0.25, 0.3) is 11.2 Å². The van der Waals surface area contributed by atoms with Crippen molar-refractivity contribution in [2.45, 2.75) is 25.5 Å². The second kappa shape index (κ2) is 11.5. The van der Waals surface area contributed by atoms with Gasteiger partial charge in [0.2, 0.25) is 0 Å². The van der Waals surface area contributed by atoms with E-state index in [9.17, 15) is 14.9 Å². The predicted octanol–water partition coefficient (Wildman–Crippen LogP) is 7.39. The molecule has 7 nitrogen and oxygen atoms in total. The molecule has 0 bridgehead atoms. The number of fused-ring (bicyclic) bond motifs is 3. The first-order valence-electron chi connectivity index (χ1n) is 13.4. The summed E-state index contributed by atoms with van der Waals surface area (Å²) in [7, 11) is 0. The lowest BCUT2D eigenvalue weighted by atomic mass is 9.85. The molecule has 43 heavy (non-hydrogen) atoms. The predicted molar refractivity (Wildman–Crippen MR) is 176 cm³/mol. The van der Waals surface area contributed by atoms with Crippen molar-refractivity contribution in [3.8, 4) is 5.75 Å². The fourth-order valence-electron chi connectivity index (χ4n) is 5.57. The molecule has 0 spiro atoms. The molecule has 2 aromatic heterocycles. The Bertz CT molecular complexity index is 2120. The van der Waals surface area contributed by atoms with Gasteiger partial charge in [0.1, 0.15) is 12.4 Å². The second-order valence-corrected chi connectivity index (χ2v) is 13.9. The van der Waals surface area contributed by atoms with Crippen LogP contribution in [-0.4, -0.2) is 9.49 Å². The van der Waals surface area contributed by atoms with Crippen molar-refractivity contribution in [1.29, 1.82) is 0 Å². The van der Waals surface area contributed by atoms with E-state index in [1.54, 1.807) is 23.5 Å². The maximum absolute atomic E-state index is 14.1. The molecule has 1 aliphatic carbocycles. The minimum atomic E-state index is -0.428. The van der Waals surface area contributed by atoms with Crippen LogP contribution in [0.5, 0.6) is 5.75 Å². The fourth-order valence-corrected chi connectivity index (χ4v) is 8.78. The van der Waals surface area contributed by atoms with Gasteiger partial charge in [-0.3, -0.25) is 19.5 Å². The van der Waals surface area contributed by atoms with Crippen LogP contribution in [0, 0.1) is 10.1 Å². The smallest absolute Gasteiger partial charge is 0.271 e. The van der Waals surface area contributed by atoms with Gasteiger partial charge in [0.05, 0.1) is 25.7 Å². The second-order valence-electron chi connectivity index (χ2n) is 10.1. The third-order valence-corrected chi connectivity index (χ3v) is 10.5. The lowest BCUT2D eigenvalue weighted by molar-refractivity contribution is -0.384. The molecular formula is C32H21Br2N3O4S2. The van der Waals surface area contributed by atoms with Gasteiger partial charge in [-0.2, -0.15) is 0 Å². The lowest BCUT2D eigenvalue weighted by Gasteiger charge is -2.30. The third kappa shape index (κ3) is 5.24. The summed E-state index contributed by atoms with van der Waals surface area (Å²) in [5, 5.41) is 13.1. The van der Waals surface area contributed by atoms with E-state index >= 15 is 0 Å². The number of nitro groups is 1. The Morgan fingerprint density at radius 2 is 1.88 bits per heavy atom. The fraction of sp³-hybridized carbons (Fsp3) is 0.125. The SMILES string of the molecule is O=c1/c(=C\c2cc(Br)cc(Br)c2OCc2ccc([N+](=O)[O-])cc2)sc2n1[C@@H](c1cccs1)C1=C(N=2)c2ccccc2CC1. The molecule has 3 heterocycles. The van der Waals surface area contributed by atoms with E-state index in [2.05, 4.69) is 61.5 Å². The minimum Gasteiger partial charge on any atom is -0.487 e. The van der Waals surface area contributed by atoms with Gasteiger partial charge < -0.3 is 4.74 Å². The number of benzene rings is 3. The number of aryl methyl sites for hydroxylation is 1. The van der Waals surface area contributed by atoms with Gasteiger partial charge in [-0.15, -0.1) is 11.3 Å². The highest BCUT2D eigenvalue weighted by molar-refractivity contribution is 9.11. The largest absolute Gasteiger partial charge is 0.487 e. The Morgan fingerprint density at radius 3 is 2.65 bits per heavy atom. The van der Waals surface area contributed by atoms with Gasteiger partial charge in [-0.05, 0) is 87.3 Å². The summed E-state index contributed by atoms with van der Waals surface area (Å²) in [6, 6.07) is 22.4. The van der Waals surface area contributed by atoms with Gasteiger partial charge in [0.15, 0.2) is 4.80 Å². The highest BCUT2D eigenvalue weighted by Gasteiger charge is 2.33. The van der Waals surface area contributed by atoms with Gasteiger partial charge in [0, 0.05) is 32.6 Å². The molecule has 214 valence electrons. The van der Waals surface area contributed by atoms with Gasteiger partial charge >= 0.3 is 0 Å². The monoisotopic (exact) mass is 733 g/mol. The van der Waals surface area contributed by atoms with E-state index in [1.165, 1.54) is 34.6 Å². The normalized spacial score (nSPS) is 15.9. The maximum Gasteiger partial charge on any atom is 0.271 e. The number of thiophene rings is 1. The topological polar surface area (TPSA) is 86.7 Å². The van der Waals surface area contributed by atoms with E-state index in [0.29, 0.717) is 19.6 Å². The van der Waals surface area contributed by atoms with Crippen LogP contribution < -0.4 is 19.6 Å². The molecule has 0 saturated carbocycles. The van der Waals surface area contributed by atoms with Crippen LogP contribution in [-0.2, 0) is 13.0 Å². The first-order valence-corrected chi connectivity index (χ1v) is 16.7. The van der Waals surface area contributed by atoms with E-state index < -0.39 is 4.92 Å². The number of aromatic nitrogens is 1. The zero-order valence-electron chi connectivity index (χ0n) is 22.3. The molecule has 0 unspecified atom stereocenters. The summed E-state index contributed by atoms with van der Waals surface area (Å²) in [6.07, 6.45) is 3.62. The summed E-state index contributed by atoms with van der Waals surface area (Å²) >= 11 is 10.2. The molecular weight excluding hydrogens is 714 g/mol. The van der Waals surface area contributed by atoms with E-state index in [4.69, 9.17) is 9.73 Å². The third-order valence-electron chi connectivity index (χ3n) is 7.54. The van der Waals surface area contributed by atoms with Crippen molar-refractivity contribution in [2.24, 2.45) is 4.99 Å². The Kier molecular flexibility index (Phi) is 7.50. The summed E-state index contributed by atoms with van der Waals surface area (Å²) in [5.74, 6) is 0.565. The number of halogens is 2. The molecule has 0 fully saturated rings. The maximum atomic E-state index is 14.1. The highest BCUT2D eigenvalue weighted by atomic mass is 79.9. The van der Waals surface area contributed by atoms with Crippen molar-refractivity contribution in [3.05, 3.63) is 150 Å². The van der Waals surface area contributed by atoms with Gasteiger partial charge in [-0.1, -0.05) is 57.6 Å². The first kappa shape index (κ1) is 28.1. The van der Waals surface area contributed by atoms with Crippen LogP contribution in [0.2, 0.25) is 0 Å². The molecule has 0 radical (unpaired) electrons. The number of non-ortho nitro benzene ring substituents is 1. The zero-order chi connectivity index (χ0) is 29.7. The summed E-state index contributed by atoms with van der Waals surface area (Å²) in [5.41, 5.74) is 6.01. The number of allylic oxidation sites excluding steroid dienone is 1. The van der Waals surface area contributed by atoms with Crippen molar-refractivity contribution in [3.63, 3.8) is 0 Å². The zero-order valence-corrected chi connectivity index (χ0v) is 27.1. The molecule has 5 aromatic rings. The Balaban J connectivity index is 1.33. The van der Waals surface area contributed by atoms with Crippen LogP contribution in [0.3, 0.4) is 0 Å². The van der Waals surface area contributed by atoms with Crippen molar-refractivity contribution in [1.82, 2.24) is 4.57 Å². The number of thiazole rings is 1. The quantitative estimate of drug-likeness (QED) is 0.135. The van der Waals surface area contributed by atoms with Crippen molar-refractivity contribution < 1.29 is 9.66 Å². The molecule has 0 saturated heterocycles. The van der Waals surface area contributed by atoms with E-state index in [-0.39, 0.29) is 23.9 Å². The summed E-state index contributed by atoms with van der Waals surface area (Å²) in [6.45, 7) is 0.199. The van der Waals surface area contributed by atoms with E-state index in [0.717, 1.165) is 44.6 Å². The van der Waals surface area contributed by atoms with Crippen LogP contribution in [0.1, 0.15) is 39.6 Å². The highest BCUT2D eigenvalue weighted by Crippen LogP contribution is 2.42. The van der Waals surface area contributed by atoms with Crippen molar-refractivity contribution >= 4 is 72.0 Å². The Morgan fingerprint density at radius 1 is 1.07 bits per heavy atom. The molecule has 1 aliphatic heterocycles. The average Bonchev–Trinajstić information content (AvgIpc) is 3.64. The van der Waals surface area contributed by atoms with E-state index in [1.807, 2.05) is 34.9 Å². The summed E-state index contributed by atoms with van der Waals surface area (Å²) in [4.78, 5) is 31.6. The number of rotatable bonds is 6. The van der Waals surface area contributed by atoms with Crippen LogP contribution in [0.4, 0.5) is 5.69 Å². The number of hydrogen-bond donors (Lipinski definition) is 0. The molecule has 1 atom stereocenters. The Hall–Kier alpha value is -3.64. The average molecular weight is 735 g/mol. The molecule has 11 heteroatoms. The molecule has 0 N–H and O–H groups in total. The first-order chi connectivity index (χ1) is 20.9. The number of ether oxygens (including phenoxy) is 1. The number of hydrogen-bond acceptors (Lipinski definition) is 7. The Labute approximate surface area is 270 Å². The van der Waals surface area contributed by atoms with Crippen LogP contribution in [0.25, 0.3) is 11.8 Å². The molecule has 3 aromatic carbocycles. The van der Waals surface area contributed by atoms with Crippen LogP contribution >= 0.6 is 54.5 Å². The lowest BCUT2D eigenvalue weighted by Crippen LogP contribution is -2.38. The van der Waals surface area contributed by atoms with Crippen molar-refractivity contribution in [2.75, 3.05) is 0 Å². The van der Waals surface area contributed by atoms with Crippen LogP contribution in [0.15, 0.2) is 102 Å². The number of nitro benzene ring substituents is 1. The number of nitrogens with zero attached hydrogens (tertiary/aromatic N) is 3. The van der Waals surface area contributed by atoms with Gasteiger partial charge in [-0.25, -0.2) is 4.99 Å². The molecule has 7 rings (SSSR count).